The molecule has 0 N–H and O–H groups in total. The normalized spacial score (nSPS) is 8.64. The summed E-state index contributed by atoms with van der Waals surface area (Å²) in [6, 6.07) is 6.08. The summed E-state index contributed by atoms with van der Waals surface area (Å²) in [6.45, 7) is 4.17. The van der Waals surface area contributed by atoms with Crippen LogP contribution in [-0.2, 0) is 0 Å². The highest BCUT2D eigenvalue weighted by molar-refractivity contribution is 5.75. The highest BCUT2D eigenvalue weighted by Gasteiger charge is 1.93. The molecule has 0 radical (unpaired) electrons. The number of ether oxygens (including phenoxy) is 1. The summed E-state index contributed by atoms with van der Waals surface area (Å²) in [5.41, 5.74) is 2.58. The molecule has 0 aromatic heterocycles. The van der Waals surface area contributed by atoms with Gasteiger partial charge in [-0.2, -0.15) is 0 Å². The Balaban J connectivity index is 0.000001000. The van der Waals surface area contributed by atoms with Gasteiger partial charge < -0.3 is 4.74 Å². The van der Waals surface area contributed by atoms with E-state index in [9.17, 15) is 0 Å². The molecule has 1 rings (SSSR count). The van der Waals surface area contributed by atoms with E-state index in [-0.39, 0.29) is 11.0 Å². The molecule has 62 valence electrons. The quantitative estimate of drug-likeness (QED) is 0.565. The molecule has 0 aliphatic carbocycles. The van der Waals surface area contributed by atoms with Crippen LogP contribution in [0.5, 0.6) is 5.75 Å². The lowest BCUT2D eigenvalue weighted by atomic mass is 10.1. The molecule has 0 aliphatic rings. The van der Waals surface area contributed by atoms with Gasteiger partial charge in [-0.3, -0.25) is 0 Å². The second-order valence-corrected chi connectivity index (χ2v) is 2.45. The third kappa shape index (κ3) is 2.39. The molecule has 2 heteroatoms. The van der Waals surface area contributed by atoms with E-state index in [4.69, 9.17) is 4.74 Å². The summed E-state index contributed by atoms with van der Waals surface area (Å²) in [5, 5.41) is 0. The fraction of sp³-hybridized carbons (Fsp3) is 0.333. The topological polar surface area (TPSA) is 9.23 Å². The molecule has 0 fully saturated rings. The standard InChI is InChI=1S/C9H12O.H4Si/c1-7-4-5-9(10-3)6-8(7)2;/h4-6H,1-3H3;1H4. The van der Waals surface area contributed by atoms with Crippen molar-refractivity contribution in [3.05, 3.63) is 29.3 Å². The second kappa shape index (κ2) is 4.19. The van der Waals surface area contributed by atoms with Crippen LogP contribution in [0.3, 0.4) is 0 Å². The van der Waals surface area contributed by atoms with Gasteiger partial charge in [0.25, 0.3) is 0 Å². The molecule has 0 aliphatic heterocycles. The van der Waals surface area contributed by atoms with Gasteiger partial charge in [0.2, 0.25) is 0 Å². The SMILES string of the molecule is COc1ccc(C)c(C)c1.[SiH4]. The smallest absolute Gasteiger partial charge is 0.119 e. The number of methoxy groups -OCH3 is 1. The van der Waals surface area contributed by atoms with Gasteiger partial charge in [-0.25, -0.2) is 0 Å². The van der Waals surface area contributed by atoms with Gasteiger partial charge in [0, 0.05) is 0 Å². The largest absolute Gasteiger partial charge is 0.497 e. The average Bonchev–Trinajstić information content (AvgIpc) is 1.95. The molecule has 1 aromatic carbocycles. The molecule has 0 amide bonds. The Morgan fingerprint density at radius 3 is 2.18 bits per heavy atom. The van der Waals surface area contributed by atoms with Crippen LogP contribution in [0.15, 0.2) is 18.2 Å². The Kier molecular flexibility index (Phi) is 3.89. The van der Waals surface area contributed by atoms with Gasteiger partial charge in [0.05, 0.1) is 7.11 Å². The maximum Gasteiger partial charge on any atom is 0.119 e. The van der Waals surface area contributed by atoms with Crippen LogP contribution in [-0.4, -0.2) is 18.1 Å². The third-order valence-electron chi connectivity index (χ3n) is 1.71. The van der Waals surface area contributed by atoms with E-state index in [1.165, 1.54) is 11.1 Å². The van der Waals surface area contributed by atoms with Gasteiger partial charge in [-0.15, -0.1) is 0 Å². The molecule has 0 saturated carbocycles. The van der Waals surface area contributed by atoms with Gasteiger partial charge >= 0.3 is 0 Å². The first kappa shape index (κ1) is 10.2. The van der Waals surface area contributed by atoms with E-state index in [0.29, 0.717) is 0 Å². The molecule has 0 atom stereocenters. The zero-order chi connectivity index (χ0) is 7.56. The molecule has 0 bridgehead atoms. The van der Waals surface area contributed by atoms with E-state index in [1.54, 1.807) is 7.11 Å². The second-order valence-electron chi connectivity index (χ2n) is 2.45. The maximum atomic E-state index is 5.05. The summed E-state index contributed by atoms with van der Waals surface area (Å²) in [4.78, 5) is 0. The summed E-state index contributed by atoms with van der Waals surface area (Å²) in [5.74, 6) is 0.933. The Labute approximate surface area is 72.4 Å². The molecule has 0 saturated heterocycles. The van der Waals surface area contributed by atoms with E-state index < -0.39 is 0 Å². The molecule has 0 unspecified atom stereocenters. The number of hydrogen-bond acceptors (Lipinski definition) is 1. The first-order valence-corrected chi connectivity index (χ1v) is 3.35. The van der Waals surface area contributed by atoms with Crippen molar-refractivity contribution in [3.8, 4) is 5.75 Å². The molecule has 0 heterocycles. The van der Waals surface area contributed by atoms with Crippen molar-refractivity contribution >= 4 is 11.0 Å². The zero-order valence-electron chi connectivity index (χ0n) is 6.64. The van der Waals surface area contributed by atoms with E-state index in [0.717, 1.165) is 5.75 Å². The van der Waals surface area contributed by atoms with Crippen molar-refractivity contribution in [2.75, 3.05) is 7.11 Å². The maximum absolute atomic E-state index is 5.05. The molecule has 0 spiro atoms. The van der Waals surface area contributed by atoms with Crippen molar-refractivity contribution in [2.24, 2.45) is 0 Å². The first-order valence-electron chi connectivity index (χ1n) is 3.35. The average molecular weight is 168 g/mol. The summed E-state index contributed by atoms with van der Waals surface area (Å²) in [6.07, 6.45) is 0. The fourth-order valence-electron chi connectivity index (χ4n) is 0.841. The minimum Gasteiger partial charge on any atom is -0.497 e. The third-order valence-corrected chi connectivity index (χ3v) is 1.71. The van der Waals surface area contributed by atoms with Crippen molar-refractivity contribution in [1.82, 2.24) is 0 Å². The highest BCUT2D eigenvalue weighted by atomic mass is 28.1. The Hall–Kier alpha value is -0.763. The predicted octanol–water partition coefficient (Wildman–Crippen LogP) is 0.860. The van der Waals surface area contributed by atoms with Crippen molar-refractivity contribution < 1.29 is 4.74 Å². The Morgan fingerprint density at radius 2 is 1.73 bits per heavy atom. The number of hydrogen-bond donors (Lipinski definition) is 0. The number of benzene rings is 1. The van der Waals surface area contributed by atoms with Gasteiger partial charge in [-0.05, 0) is 48.1 Å². The first-order chi connectivity index (χ1) is 4.74. The lowest BCUT2D eigenvalue weighted by molar-refractivity contribution is 0.414. The Bertz CT molecular complexity index is 233. The van der Waals surface area contributed by atoms with Crippen molar-refractivity contribution in [3.63, 3.8) is 0 Å². The molecule has 11 heavy (non-hydrogen) atoms. The number of aryl methyl sites for hydroxylation is 2. The van der Waals surface area contributed by atoms with Crippen LogP contribution >= 0.6 is 0 Å². The minimum atomic E-state index is 0. The summed E-state index contributed by atoms with van der Waals surface area (Å²) in [7, 11) is 1.68. The molecular formula is C9H16OSi. The van der Waals surface area contributed by atoms with E-state index >= 15 is 0 Å². The van der Waals surface area contributed by atoms with Crippen LogP contribution in [0.1, 0.15) is 11.1 Å². The number of rotatable bonds is 1. The van der Waals surface area contributed by atoms with Crippen LogP contribution in [0.25, 0.3) is 0 Å². The lowest BCUT2D eigenvalue weighted by Crippen LogP contribution is -1.85. The van der Waals surface area contributed by atoms with Crippen LogP contribution in [0, 0.1) is 13.8 Å². The lowest BCUT2D eigenvalue weighted by Gasteiger charge is -2.02. The van der Waals surface area contributed by atoms with Gasteiger partial charge in [0.1, 0.15) is 5.75 Å². The van der Waals surface area contributed by atoms with Crippen LogP contribution < -0.4 is 4.74 Å². The van der Waals surface area contributed by atoms with Gasteiger partial charge in [0.15, 0.2) is 0 Å². The highest BCUT2D eigenvalue weighted by Crippen LogP contribution is 2.15. The summed E-state index contributed by atoms with van der Waals surface area (Å²) < 4.78 is 5.05. The monoisotopic (exact) mass is 168 g/mol. The minimum absolute atomic E-state index is 0. The summed E-state index contributed by atoms with van der Waals surface area (Å²) >= 11 is 0. The van der Waals surface area contributed by atoms with E-state index in [1.807, 2.05) is 12.1 Å². The predicted molar refractivity (Wildman–Crippen MR) is 53.8 cm³/mol. The van der Waals surface area contributed by atoms with E-state index in [2.05, 4.69) is 19.9 Å². The molecule has 1 aromatic rings. The van der Waals surface area contributed by atoms with Crippen LogP contribution in [0.2, 0.25) is 0 Å². The Morgan fingerprint density at radius 1 is 1.09 bits per heavy atom. The van der Waals surface area contributed by atoms with Crippen LogP contribution in [0.4, 0.5) is 0 Å². The fourth-order valence-corrected chi connectivity index (χ4v) is 0.841. The molecule has 1 nitrogen and oxygen atoms in total. The van der Waals surface area contributed by atoms with Crippen molar-refractivity contribution in [1.29, 1.82) is 0 Å². The molecular weight excluding hydrogens is 152 g/mol. The zero-order valence-corrected chi connectivity index (χ0v) is 6.64. The van der Waals surface area contributed by atoms with Crippen molar-refractivity contribution in [2.45, 2.75) is 13.8 Å². The van der Waals surface area contributed by atoms with Gasteiger partial charge in [-0.1, -0.05) is 6.07 Å².